The molecule has 0 radical (unpaired) electrons. The Morgan fingerprint density at radius 1 is 1.37 bits per heavy atom. The monoisotopic (exact) mass is 435 g/mol. The summed E-state index contributed by atoms with van der Waals surface area (Å²) in [6.45, 7) is 5.61. The second kappa shape index (κ2) is 7.94. The van der Waals surface area contributed by atoms with Crippen molar-refractivity contribution in [1.82, 2.24) is 14.3 Å². The van der Waals surface area contributed by atoms with Gasteiger partial charge in [0, 0.05) is 18.4 Å². The first-order valence-corrected chi connectivity index (χ1v) is 10.5. The van der Waals surface area contributed by atoms with E-state index >= 15 is 0 Å². The zero-order valence-electron chi connectivity index (χ0n) is 16.7. The molecule has 0 spiro atoms. The second-order valence-electron chi connectivity index (χ2n) is 7.91. The van der Waals surface area contributed by atoms with Crippen molar-refractivity contribution < 1.29 is 27.1 Å². The average molecular weight is 435 g/mol. The Balaban J connectivity index is 2.14. The highest BCUT2D eigenvalue weighted by atomic mass is 32.2. The fourth-order valence-corrected chi connectivity index (χ4v) is 4.37. The van der Waals surface area contributed by atoms with E-state index in [1.54, 1.807) is 0 Å². The Kier molecular flexibility index (Phi) is 5.71. The number of pyridine rings is 1. The second-order valence-corrected chi connectivity index (χ2v) is 9.72. The van der Waals surface area contributed by atoms with Gasteiger partial charge in [-0.15, -0.1) is 0 Å². The van der Waals surface area contributed by atoms with Crippen LogP contribution in [0.25, 0.3) is 11.3 Å². The smallest absolute Gasteiger partial charge is 0.404 e. The van der Waals surface area contributed by atoms with Gasteiger partial charge in [-0.3, -0.25) is 0 Å². The van der Waals surface area contributed by atoms with Crippen LogP contribution in [0, 0.1) is 11.4 Å². The van der Waals surface area contributed by atoms with Crippen molar-refractivity contribution >= 4 is 16.1 Å². The first kappa shape index (κ1) is 21.6. The molecule has 0 aliphatic rings. The van der Waals surface area contributed by atoms with Crippen molar-refractivity contribution in [3.63, 3.8) is 0 Å². The van der Waals surface area contributed by atoms with Gasteiger partial charge in [0.25, 0.3) is 10.0 Å². The first-order valence-electron chi connectivity index (χ1n) is 9.09. The molecule has 0 aliphatic carbocycles. The van der Waals surface area contributed by atoms with Crippen LogP contribution in [0.1, 0.15) is 26.3 Å². The maximum absolute atomic E-state index is 14.4. The summed E-state index contributed by atoms with van der Waals surface area (Å²) in [5.74, 6) is -0.818. The maximum atomic E-state index is 14.4. The number of aromatic nitrogens is 2. The lowest BCUT2D eigenvalue weighted by molar-refractivity contribution is 0.174. The van der Waals surface area contributed by atoms with Crippen LogP contribution in [-0.4, -0.2) is 34.6 Å². The van der Waals surface area contributed by atoms with E-state index in [1.165, 1.54) is 42.9 Å². The topological polar surface area (TPSA) is 114 Å². The molecule has 3 heterocycles. The summed E-state index contributed by atoms with van der Waals surface area (Å²) in [7, 11) is -4.07. The Labute approximate surface area is 173 Å². The van der Waals surface area contributed by atoms with E-state index in [0.717, 1.165) is 10.2 Å². The minimum atomic E-state index is -4.07. The molecule has 1 unspecified atom stereocenters. The molecule has 1 amide bonds. The van der Waals surface area contributed by atoms with Crippen LogP contribution in [0.2, 0.25) is 0 Å². The van der Waals surface area contributed by atoms with Gasteiger partial charge in [-0.1, -0.05) is 20.8 Å². The molecular formula is C20H22FN3O5S. The molecule has 1 atom stereocenters. The van der Waals surface area contributed by atoms with Gasteiger partial charge in [-0.25, -0.2) is 22.2 Å². The molecule has 0 saturated heterocycles. The zero-order valence-corrected chi connectivity index (χ0v) is 17.5. The number of nitrogens with one attached hydrogen (secondary N) is 1. The van der Waals surface area contributed by atoms with E-state index in [2.05, 4.69) is 10.3 Å². The maximum Gasteiger partial charge on any atom is 0.404 e. The molecule has 0 fully saturated rings. The summed E-state index contributed by atoms with van der Waals surface area (Å²) in [4.78, 5) is 14.7. The third-order valence-corrected chi connectivity index (χ3v) is 6.36. The molecule has 2 N–H and O–H groups in total. The molecule has 0 bridgehead atoms. The largest absolute Gasteiger partial charge is 0.471 e. The van der Waals surface area contributed by atoms with Gasteiger partial charge in [0.1, 0.15) is 11.2 Å². The third kappa shape index (κ3) is 4.38. The van der Waals surface area contributed by atoms with Crippen LogP contribution in [0.5, 0.6) is 0 Å². The number of rotatable bonds is 6. The van der Waals surface area contributed by atoms with Crippen molar-refractivity contribution in [2.75, 3.05) is 0 Å². The lowest BCUT2D eigenvalue weighted by Crippen LogP contribution is -2.44. The van der Waals surface area contributed by atoms with Crippen molar-refractivity contribution in [3.05, 3.63) is 60.7 Å². The molecule has 8 nitrogen and oxygen atoms in total. The number of hydrogen-bond acceptors (Lipinski definition) is 5. The Morgan fingerprint density at radius 3 is 2.67 bits per heavy atom. The summed E-state index contributed by atoms with van der Waals surface area (Å²) in [5, 5.41) is 11.6. The number of amides is 1. The number of nitrogens with zero attached hydrogens (tertiary/aromatic N) is 2. The van der Waals surface area contributed by atoms with E-state index < -0.39 is 33.5 Å². The Hall–Kier alpha value is -3.14. The molecule has 0 saturated carbocycles. The SMILES string of the molecule is CC(C)(C)C(Cc1cc(-c2cccnc2F)n(S(=O)(=O)c2ccoc2)c1)NC(=O)O. The fourth-order valence-electron chi connectivity index (χ4n) is 3.05. The molecular weight excluding hydrogens is 413 g/mol. The van der Waals surface area contributed by atoms with Gasteiger partial charge in [0.05, 0.1) is 17.5 Å². The van der Waals surface area contributed by atoms with E-state index in [1.807, 2.05) is 20.8 Å². The predicted octanol–water partition coefficient (Wildman–Crippen LogP) is 3.74. The minimum Gasteiger partial charge on any atom is -0.471 e. The van der Waals surface area contributed by atoms with Crippen molar-refractivity contribution in [2.45, 2.75) is 38.1 Å². The quantitative estimate of drug-likeness (QED) is 0.570. The van der Waals surface area contributed by atoms with E-state index in [4.69, 9.17) is 4.42 Å². The number of hydrogen-bond donors (Lipinski definition) is 2. The van der Waals surface area contributed by atoms with Gasteiger partial charge in [0.2, 0.25) is 5.95 Å². The molecule has 3 aromatic heterocycles. The summed E-state index contributed by atoms with van der Waals surface area (Å²) in [6, 6.07) is 5.25. The first-order chi connectivity index (χ1) is 14.0. The fraction of sp³-hybridized carbons (Fsp3) is 0.300. The molecule has 3 rings (SSSR count). The van der Waals surface area contributed by atoms with Gasteiger partial charge in [-0.2, -0.15) is 4.39 Å². The van der Waals surface area contributed by atoms with Crippen molar-refractivity contribution in [3.8, 4) is 11.3 Å². The van der Waals surface area contributed by atoms with Crippen LogP contribution < -0.4 is 5.32 Å². The zero-order chi connectivity index (χ0) is 22.1. The molecule has 30 heavy (non-hydrogen) atoms. The van der Waals surface area contributed by atoms with Crippen LogP contribution in [0.4, 0.5) is 9.18 Å². The summed E-state index contributed by atoms with van der Waals surface area (Å²) < 4.78 is 46.5. The van der Waals surface area contributed by atoms with E-state index in [0.29, 0.717) is 5.56 Å². The predicted molar refractivity (Wildman–Crippen MR) is 107 cm³/mol. The Bertz CT molecular complexity index is 1150. The summed E-state index contributed by atoms with van der Waals surface area (Å²) >= 11 is 0. The van der Waals surface area contributed by atoms with Gasteiger partial charge >= 0.3 is 6.09 Å². The highest BCUT2D eigenvalue weighted by Gasteiger charge is 2.29. The third-order valence-electron chi connectivity index (χ3n) is 4.71. The molecule has 0 aliphatic heterocycles. The van der Waals surface area contributed by atoms with Gasteiger partial charge in [-0.05, 0) is 41.7 Å². The lowest BCUT2D eigenvalue weighted by Gasteiger charge is -2.30. The molecule has 0 aromatic carbocycles. The molecule has 3 aromatic rings. The Morgan fingerprint density at radius 2 is 2.10 bits per heavy atom. The minimum absolute atomic E-state index is 0.00863. The molecule has 160 valence electrons. The van der Waals surface area contributed by atoms with Crippen LogP contribution in [-0.2, 0) is 16.4 Å². The normalized spacial score (nSPS) is 13.2. The van der Waals surface area contributed by atoms with Crippen molar-refractivity contribution in [2.24, 2.45) is 5.41 Å². The highest BCUT2D eigenvalue weighted by molar-refractivity contribution is 7.90. The van der Waals surface area contributed by atoms with Crippen LogP contribution in [0.15, 0.2) is 58.5 Å². The van der Waals surface area contributed by atoms with Crippen LogP contribution >= 0.6 is 0 Å². The lowest BCUT2D eigenvalue weighted by atomic mass is 9.83. The highest BCUT2D eigenvalue weighted by Crippen LogP contribution is 2.31. The van der Waals surface area contributed by atoms with Gasteiger partial charge < -0.3 is 14.8 Å². The van der Waals surface area contributed by atoms with Gasteiger partial charge in [0.15, 0.2) is 0 Å². The van der Waals surface area contributed by atoms with Crippen molar-refractivity contribution in [1.29, 1.82) is 0 Å². The summed E-state index contributed by atoms with van der Waals surface area (Å²) in [6.07, 6.45) is 3.98. The average Bonchev–Trinajstić information content (AvgIpc) is 3.31. The number of furan rings is 1. The van der Waals surface area contributed by atoms with E-state index in [-0.39, 0.29) is 22.6 Å². The number of halogens is 1. The number of carbonyl (C=O) groups is 1. The van der Waals surface area contributed by atoms with E-state index in [9.17, 15) is 22.7 Å². The number of carboxylic acid groups (broad SMARTS) is 1. The molecule has 10 heteroatoms. The standard InChI is InChI=1S/C20H22FN3O5S/c1-20(2,3)17(23-19(25)26)10-13-9-16(15-5-4-7-22-18(15)21)24(11-13)30(27,28)14-6-8-29-12-14/h4-9,11-12,17,23H,10H2,1-3H3,(H,25,26). The summed E-state index contributed by atoms with van der Waals surface area (Å²) in [5.41, 5.74) is 0.173. The van der Waals surface area contributed by atoms with Crippen LogP contribution in [0.3, 0.4) is 0 Å².